The van der Waals surface area contributed by atoms with Crippen molar-refractivity contribution in [2.45, 2.75) is 39.3 Å². The van der Waals surface area contributed by atoms with Crippen LogP contribution in [0, 0.1) is 5.92 Å². The van der Waals surface area contributed by atoms with E-state index in [4.69, 9.17) is 9.52 Å². The Bertz CT molecular complexity index is 370. The molecule has 0 bridgehead atoms. The van der Waals surface area contributed by atoms with E-state index in [-0.39, 0.29) is 6.61 Å². The van der Waals surface area contributed by atoms with Gasteiger partial charge in [0.15, 0.2) is 0 Å². The van der Waals surface area contributed by atoms with Crippen LogP contribution in [0.4, 0.5) is 0 Å². The molecule has 1 aromatic rings. The first kappa shape index (κ1) is 14.6. The van der Waals surface area contributed by atoms with Gasteiger partial charge in [0.2, 0.25) is 0 Å². The third-order valence-corrected chi connectivity index (χ3v) is 3.78. The Morgan fingerprint density at radius 1 is 1.26 bits per heavy atom. The maximum absolute atomic E-state index is 9.14. The summed E-state index contributed by atoms with van der Waals surface area (Å²) in [5, 5.41) is 12.5. The average molecular weight is 266 g/mol. The molecular weight excluding hydrogens is 240 g/mol. The molecule has 1 saturated heterocycles. The van der Waals surface area contributed by atoms with Crippen molar-refractivity contribution in [1.29, 1.82) is 0 Å². The summed E-state index contributed by atoms with van der Waals surface area (Å²) in [5.74, 6) is 2.38. The van der Waals surface area contributed by atoms with Crippen molar-refractivity contribution < 1.29 is 9.52 Å². The molecule has 2 heterocycles. The summed E-state index contributed by atoms with van der Waals surface area (Å²) in [6.45, 7) is 8.73. The minimum Gasteiger partial charge on any atom is -0.462 e. The number of rotatable bonds is 6. The van der Waals surface area contributed by atoms with E-state index in [1.165, 1.54) is 6.42 Å². The van der Waals surface area contributed by atoms with Crippen LogP contribution >= 0.6 is 0 Å². The average Bonchev–Trinajstić information content (AvgIpc) is 2.89. The number of nitrogens with zero attached hydrogens (tertiary/aromatic N) is 1. The molecule has 0 aromatic carbocycles. The predicted molar refractivity (Wildman–Crippen MR) is 75.9 cm³/mol. The van der Waals surface area contributed by atoms with Gasteiger partial charge in [-0.3, -0.25) is 4.90 Å². The molecule has 19 heavy (non-hydrogen) atoms. The Kier molecular flexibility index (Phi) is 5.43. The Morgan fingerprint density at radius 3 is 2.58 bits per heavy atom. The molecule has 1 aliphatic rings. The smallest absolute Gasteiger partial charge is 0.129 e. The SMILES string of the molecule is CC(C)CC[C@H](c1ccc(CO)o1)N1CCNCC1. The fourth-order valence-corrected chi connectivity index (χ4v) is 2.65. The Labute approximate surface area is 115 Å². The van der Waals surface area contributed by atoms with Crippen molar-refractivity contribution >= 4 is 0 Å². The minimum absolute atomic E-state index is 0.0154. The van der Waals surface area contributed by atoms with E-state index in [1.807, 2.05) is 12.1 Å². The van der Waals surface area contributed by atoms with E-state index in [0.29, 0.717) is 17.7 Å². The first-order valence-corrected chi connectivity index (χ1v) is 7.35. The molecule has 1 atom stereocenters. The lowest BCUT2D eigenvalue weighted by Gasteiger charge is -2.34. The summed E-state index contributed by atoms with van der Waals surface area (Å²) < 4.78 is 5.77. The predicted octanol–water partition coefficient (Wildman–Crippen LogP) is 2.15. The fourth-order valence-electron chi connectivity index (χ4n) is 2.65. The molecule has 0 spiro atoms. The molecule has 1 fully saturated rings. The topological polar surface area (TPSA) is 48.6 Å². The van der Waals surface area contributed by atoms with Gasteiger partial charge in [-0.1, -0.05) is 13.8 Å². The van der Waals surface area contributed by atoms with Crippen LogP contribution in [0.1, 0.15) is 44.3 Å². The number of aliphatic hydroxyl groups excluding tert-OH is 1. The van der Waals surface area contributed by atoms with Crippen molar-refractivity contribution in [3.8, 4) is 0 Å². The molecule has 0 amide bonds. The number of nitrogens with one attached hydrogen (secondary N) is 1. The van der Waals surface area contributed by atoms with Crippen LogP contribution in [0.3, 0.4) is 0 Å². The van der Waals surface area contributed by atoms with Crippen LogP contribution in [0.5, 0.6) is 0 Å². The lowest BCUT2D eigenvalue weighted by molar-refractivity contribution is 0.136. The van der Waals surface area contributed by atoms with Gasteiger partial charge in [-0.2, -0.15) is 0 Å². The molecule has 1 aliphatic heterocycles. The first-order chi connectivity index (χ1) is 9.20. The highest BCUT2D eigenvalue weighted by atomic mass is 16.4. The molecular formula is C15H26N2O2. The van der Waals surface area contributed by atoms with E-state index in [2.05, 4.69) is 24.1 Å². The van der Waals surface area contributed by atoms with Crippen LogP contribution in [0.15, 0.2) is 16.5 Å². The van der Waals surface area contributed by atoms with Crippen LogP contribution in [-0.4, -0.2) is 36.2 Å². The maximum atomic E-state index is 9.14. The van der Waals surface area contributed by atoms with Gasteiger partial charge in [0.1, 0.15) is 18.1 Å². The lowest BCUT2D eigenvalue weighted by atomic mass is 10.00. The zero-order chi connectivity index (χ0) is 13.7. The molecule has 1 aromatic heterocycles. The van der Waals surface area contributed by atoms with Crippen LogP contribution in [0.2, 0.25) is 0 Å². The number of hydrogen-bond acceptors (Lipinski definition) is 4. The van der Waals surface area contributed by atoms with Crippen molar-refractivity contribution in [2.75, 3.05) is 26.2 Å². The van der Waals surface area contributed by atoms with Gasteiger partial charge < -0.3 is 14.8 Å². The second kappa shape index (κ2) is 7.08. The van der Waals surface area contributed by atoms with Crippen LogP contribution in [0.25, 0.3) is 0 Å². The summed E-state index contributed by atoms with van der Waals surface area (Å²) in [6, 6.07) is 4.27. The normalized spacial score (nSPS) is 18.9. The van der Waals surface area contributed by atoms with Gasteiger partial charge in [0.05, 0.1) is 6.04 Å². The van der Waals surface area contributed by atoms with E-state index in [9.17, 15) is 0 Å². The molecule has 0 saturated carbocycles. The third kappa shape index (κ3) is 4.06. The number of hydrogen-bond donors (Lipinski definition) is 2. The van der Waals surface area contributed by atoms with Crippen molar-refractivity contribution in [1.82, 2.24) is 10.2 Å². The third-order valence-electron chi connectivity index (χ3n) is 3.78. The van der Waals surface area contributed by atoms with E-state index >= 15 is 0 Å². The maximum Gasteiger partial charge on any atom is 0.129 e. The summed E-state index contributed by atoms with van der Waals surface area (Å²) in [7, 11) is 0. The fraction of sp³-hybridized carbons (Fsp3) is 0.733. The Balaban J connectivity index is 2.07. The molecule has 0 unspecified atom stereocenters. The minimum atomic E-state index is -0.0154. The van der Waals surface area contributed by atoms with Gasteiger partial charge in [0.25, 0.3) is 0 Å². The van der Waals surface area contributed by atoms with Gasteiger partial charge >= 0.3 is 0 Å². The van der Waals surface area contributed by atoms with Gasteiger partial charge in [0, 0.05) is 26.2 Å². The summed E-state index contributed by atoms with van der Waals surface area (Å²) in [5.41, 5.74) is 0. The molecule has 108 valence electrons. The Hall–Kier alpha value is -0.840. The first-order valence-electron chi connectivity index (χ1n) is 7.35. The molecule has 2 N–H and O–H groups in total. The second-order valence-corrected chi connectivity index (χ2v) is 5.74. The lowest BCUT2D eigenvalue weighted by Crippen LogP contribution is -2.45. The summed E-state index contributed by atoms with van der Waals surface area (Å²) in [6.07, 6.45) is 2.32. The summed E-state index contributed by atoms with van der Waals surface area (Å²) in [4.78, 5) is 2.50. The molecule has 0 radical (unpaired) electrons. The van der Waals surface area contributed by atoms with E-state index in [0.717, 1.165) is 38.4 Å². The van der Waals surface area contributed by atoms with E-state index < -0.39 is 0 Å². The molecule has 2 rings (SSSR count). The van der Waals surface area contributed by atoms with Crippen LogP contribution < -0.4 is 5.32 Å². The highest BCUT2D eigenvalue weighted by Crippen LogP contribution is 2.29. The quantitative estimate of drug-likeness (QED) is 0.828. The van der Waals surface area contributed by atoms with Crippen molar-refractivity contribution in [3.05, 3.63) is 23.7 Å². The standard InChI is InChI=1S/C15H26N2O2/c1-12(2)3-5-14(17-9-7-16-8-10-17)15-6-4-13(11-18)19-15/h4,6,12,14,16,18H,3,5,7-11H2,1-2H3/t14-/m1/s1. The summed E-state index contributed by atoms with van der Waals surface area (Å²) >= 11 is 0. The van der Waals surface area contributed by atoms with Gasteiger partial charge in [-0.25, -0.2) is 0 Å². The van der Waals surface area contributed by atoms with Crippen LogP contribution in [-0.2, 0) is 6.61 Å². The molecule has 4 heteroatoms. The number of furan rings is 1. The van der Waals surface area contributed by atoms with Crippen molar-refractivity contribution in [3.63, 3.8) is 0 Å². The molecule has 0 aliphatic carbocycles. The number of piperazine rings is 1. The largest absolute Gasteiger partial charge is 0.462 e. The monoisotopic (exact) mass is 266 g/mol. The highest BCUT2D eigenvalue weighted by molar-refractivity contribution is 5.11. The van der Waals surface area contributed by atoms with Gasteiger partial charge in [-0.05, 0) is 30.9 Å². The van der Waals surface area contributed by atoms with Crippen molar-refractivity contribution in [2.24, 2.45) is 5.92 Å². The number of aliphatic hydroxyl groups is 1. The zero-order valence-electron chi connectivity index (χ0n) is 12.1. The Morgan fingerprint density at radius 2 is 2.00 bits per heavy atom. The molecule has 4 nitrogen and oxygen atoms in total. The van der Waals surface area contributed by atoms with E-state index in [1.54, 1.807) is 0 Å². The highest BCUT2D eigenvalue weighted by Gasteiger charge is 2.24. The van der Waals surface area contributed by atoms with Gasteiger partial charge in [-0.15, -0.1) is 0 Å². The second-order valence-electron chi connectivity index (χ2n) is 5.74. The zero-order valence-corrected chi connectivity index (χ0v) is 12.1.